The van der Waals surface area contributed by atoms with Crippen LogP contribution < -0.4 is 4.90 Å². The summed E-state index contributed by atoms with van der Waals surface area (Å²) in [7, 11) is 0. The Bertz CT molecular complexity index is 1280. The minimum Gasteiger partial charge on any atom is -0.377 e. The van der Waals surface area contributed by atoms with Gasteiger partial charge in [0.15, 0.2) is 6.23 Å². The molecule has 9 heteroatoms. The van der Waals surface area contributed by atoms with Gasteiger partial charge in [0.2, 0.25) is 0 Å². The molecule has 1 aliphatic carbocycles. The summed E-state index contributed by atoms with van der Waals surface area (Å²) in [5, 5.41) is 15.3. The number of anilines is 1. The van der Waals surface area contributed by atoms with Crippen molar-refractivity contribution in [3.8, 4) is 17.5 Å². The van der Waals surface area contributed by atoms with Gasteiger partial charge in [0.25, 0.3) is 0 Å². The fraction of sp³-hybridized carbons (Fsp3) is 0.630. The Morgan fingerprint density at radius 2 is 2.00 bits per heavy atom. The number of aromatic nitrogens is 4. The number of nitriles is 1. The van der Waals surface area contributed by atoms with Crippen LogP contribution in [-0.2, 0) is 14.9 Å². The van der Waals surface area contributed by atoms with Gasteiger partial charge in [-0.1, -0.05) is 19.3 Å². The molecule has 0 spiro atoms. The highest BCUT2D eigenvalue weighted by Gasteiger charge is 2.38. The van der Waals surface area contributed by atoms with Gasteiger partial charge in [-0.2, -0.15) is 14.7 Å². The highest BCUT2D eigenvalue weighted by Crippen LogP contribution is 2.46. The van der Waals surface area contributed by atoms with Gasteiger partial charge in [0.05, 0.1) is 46.8 Å². The average Bonchev–Trinajstić information content (AvgIpc) is 3.52. The fourth-order valence-electron chi connectivity index (χ4n) is 6.07. The third-order valence-electron chi connectivity index (χ3n) is 8.04. The Labute approximate surface area is 216 Å². The zero-order valence-electron chi connectivity index (χ0n) is 21.2. The van der Waals surface area contributed by atoms with E-state index >= 15 is 0 Å². The number of rotatable bonds is 4. The first-order chi connectivity index (χ1) is 17.6. The van der Waals surface area contributed by atoms with Crippen molar-refractivity contribution in [2.45, 2.75) is 82.9 Å². The quantitative estimate of drug-likeness (QED) is 0.461. The maximum Gasteiger partial charge on any atom is 0.150 e. The summed E-state index contributed by atoms with van der Waals surface area (Å²) in [4.78, 5) is 7.56. The molecule has 3 fully saturated rings. The highest BCUT2D eigenvalue weighted by molar-refractivity contribution is 7.13. The van der Waals surface area contributed by atoms with Gasteiger partial charge >= 0.3 is 0 Å². The summed E-state index contributed by atoms with van der Waals surface area (Å²) in [5.74, 6) is 0.923. The molecule has 1 unspecified atom stereocenters. The van der Waals surface area contributed by atoms with E-state index in [4.69, 9.17) is 23.9 Å². The molecule has 3 aromatic rings. The summed E-state index contributed by atoms with van der Waals surface area (Å²) >= 11 is 1.47. The Morgan fingerprint density at radius 1 is 1.14 bits per heavy atom. The van der Waals surface area contributed by atoms with Crippen LogP contribution in [0.15, 0.2) is 12.1 Å². The minimum atomic E-state index is -0.490. The smallest absolute Gasteiger partial charge is 0.150 e. The van der Waals surface area contributed by atoms with Crippen LogP contribution in [-0.4, -0.2) is 51.5 Å². The predicted molar refractivity (Wildman–Crippen MR) is 140 cm³/mol. The molecule has 0 bridgehead atoms. The second-order valence-corrected chi connectivity index (χ2v) is 11.3. The van der Waals surface area contributed by atoms with Crippen molar-refractivity contribution in [2.75, 3.05) is 31.3 Å². The largest absolute Gasteiger partial charge is 0.377 e. The van der Waals surface area contributed by atoms with Crippen molar-refractivity contribution in [1.29, 1.82) is 5.26 Å². The number of pyridine rings is 1. The number of hydrogen-bond donors (Lipinski definition) is 0. The van der Waals surface area contributed by atoms with Crippen LogP contribution in [0.25, 0.3) is 21.6 Å². The molecule has 36 heavy (non-hydrogen) atoms. The number of aryl methyl sites for hydroxylation is 1. The normalized spacial score (nSPS) is 24.6. The summed E-state index contributed by atoms with van der Waals surface area (Å²) in [5.41, 5.74) is 4.23. The minimum absolute atomic E-state index is 0.0788. The Balaban J connectivity index is 1.55. The van der Waals surface area contributed by atoms with E-state index in [1.165, 1.54) is 18.0 Å². The van der Waals surface area contributed by atoms with E-state index in [2.05, 4.69) is 30.0 Å². The molecule has 2 saturated heterocycles. The first kappa shape index (κ1) is 23.8. The number of hydrogen-bond acceptors (Lipinski definition) is 8. The van der Waals surface area contributed by atoms with E-state index in [9.17, 15) is 5.26 Å². The van der Waals surface area contributed by atoms with E-state index in [1.54, 1.807) is 0 Å². The van der Waals surface area contributed by atoms with Gasteiger partial charge in [-0.05, 0) is 75.2 Å². The van der Waals surface area contributed by atoms with Crippen molar-refractivity contribution < 1.29 is 9.47 Å². The van der Waals surface area contributed by atoms with Crippen molar-refractivity contribution in [2.24, 2.45) is 0 Å². The molecule has 0 N–H and O–H groups in total. The molecule has 3 aliphatic rings. The summed E-state index contributed by atoms with van der Waals surface area (Å²) in [6.07, 6.45) is 8.23. The lowest BCUT2D eigenvalue weighted by Crippen LogP contribution is -2.44. The molecule has 2 aliphatic heterocycles. The van der Waals surface area contributed by atoms with Crippen LogP contribution in [0.1, 0.15) is 75.8 Å². The van der Waals surface area contributed by atoms with E-state index in [1.807, 2.05) is 11.6 Å². The first-order valence-electron chi connectivity index (χ1n) is 13.3. The SMILES string of the molecule is Cc1cc(-c2nsc3c(C4(C#N)CCCCC4)cc(N4CCOC[C@H]4C)nc23)n(C2CCCCO2)n1. The van der Waals surface area contributed by atoms with Crippen molar-refractivity contribution >= 4 is 27.6 Å². The lowest BCUT2D eigenvalue weighted by Gasteiger charge is -2.36. The molecular formula is C27H34N6O2S. The number of ether oxygens (including phenoxy) is 2. The van der Waals surface area contributed by atoms with Crippen LogP contribution in [0.2, 0.25) is 0 Å². The topological polar surface area (TPSA) is 89.1 Å². The van der Waals surface area contributed by atoms with Crippen molar-refractivity contribution in [3.63, 3.8) is 0 Å². The highest BCUT2D eigenvalue weighted by atomic mass is 32.1. The standard InChI is InChI=1S/C27H34N6O2S/c1-18-14-21(33(30-18)23-8-4-7-12-35-23)24-25-26(36-31-24)20(27(17-28)9-5-3-6-10-27)15-22(29-25)32-11-13-34-16-19(32)2/h14-15,19,23H,3-13,16H2,1-2H3/t19-,23?/m1/s1. The molecule has 3 aromatic heterocycles. The second kappa shape index (κ2) is 9.73. The first-order valence-corrected chi connectivity index (χ1v) is 14.1. The maximum atomic E-state index is 10.5. The maximum absolute atomic E-state index is 10.5. The third kappa shape index (κ3) is 4.09. The lowest BCUT2D eigenvalue weighted by atomic mass is 9.70. The molecule has 8 nitrogen and oxygen atoms in total. The Hall–Kier alpha value is -2.54. The molecular weight excluding hydrogens is 472 g/mol. The molecule has 2 atom stereocenters. The molecule has 5 heterocycles. The van der Waals surface area contributed by atoms with E-state index < -0.39 is 5.41 Å². The zero-order chi connectivity index (χ0) is 24.7. The van der Waals surface area contributed by atoms with Crippen LogP contribution >= 0.6 is 11.5 Å². The van der Waals surface area contributed by atoms with Crippen molar-refractivity contribution in [3.05, 3.63) is 23.4 Å². The van der Waals surface area contributed by atoms with Crippen LogP contribution in [0.3, 0.4) is 0 Å². The van der Waals surface area contributed by atoms with Gasteiger partial charge in [0.1, 0.15) is 17.0 Å². The molecule has 190 valence electrons. The molecule has 6 rings (SSSR count). The third-order valence-corrected chi connectivity index (χ3v) is 8.91. The lowest BCUT2D eigenvalue weighted by molar-refractivity contribution is -0.0385. The Kier molecular flexibility index (Phi) is 6.44. The number of nitrogens with zero attached hydrogens (tertiary/aromatic N) is 6. The average molecular weight is 507 g/mol. The van der Waals surface area contributed by atoms with E-state index in [-0.39, 0.29) is 12.3 Å². The van der Waals surface area contributed by atoms with Gasteiger partial charge in [-0.15, -0.1) is 0 Å². The molecule has 0 radical (unpaired) electrons. The van der Waals surface area contributed by atoms with Crippen LogP contribution in [0.5, 0.6) is 0 Å². The second-order valence-electron chi connectivity index (χ2n) is 10.5. The summed E-state index contributed by atoms with van der Waals surface area (Å²) < 4.78 is 19.8. The number of morpholine rings is 1. The van der Waals surface area contributed by atoms with Crippen molar-refractivity contribution in [1.82, 2.24) is 19.1 Å². The van der Waals surface area contributed by atoms with E-state index in [0.29, 0.717) is 13.2 Å². The molecule has 0 aromatic carbocycles. The van der Waals surface area contributed by atoms with E-state index in [0.717, 1.165) is 96.8 Å². The number of fused-ring (bicyclic) bond motifs is 1. The predicted octanol–water partition coefficient (Wildman–Crippen LogP) is 5.51. The Morgan fingerprint density at radius 3 is 2.75 bits per heavy atom. The summed E-state index contributed by atoms with van der Waals surface area (Å²) in [6, 6.07) is 7.26. The van der Waals surface area contributed by atoms with Crippen LogP contribution in [0, 0.1) is 18.3 Å². The zero-order valence-corrected chi connectivity index (χ0v) is 22.0. The fourth-order valence-corrected chi connectivity index (χ4v) is 7.02. The molecule has 0 amide bonds. The van der Waals surface area contributed by atoms with Gasteiger partial charge in [-0.25, -0.2) is 9.67 Å². The van der Waals surface area contributed by atoms with Crippen LogP contribution in [0.4, 0.5) is 5.82 Å². The van der Waals surface area contributed by atoms with Gasteiger partial charge in [0, 0.05) is 13.2 Å². The molecule has 1 saturated carbocycles. The van der Waals surface area contributed by atoms with Gasteiger partial charge in [-0.3, -0.25) is 0 Å². The van der Waals surface area contributed by atoms with Gasteiger partial charge < -0.3 is 14.4 Å². The monoisotopic (exact) mass is 506 g/mol. The summed E-state index contributed by atoms with van der Waals surface area (Å²) in [6.45, 7) is 7.10.